The van der Waals surface area contributed by atoms with E-state index in [2.05, 4.69) is 9.88 Å². The van der Waals surface area contributed by atoms with E-state index in [1.807, 2.05) is 30.3 Å². The van der Waals surface area contributed by atoms with Crippen LogP contribution in [0.15, 0.2) is 35.1 Å². The highest BCUT2D eigenvalue weighted by Gasteiger charge is 2.34. The standard InChI is InChI=1S/C17H20N2O3/c20-17-13(9-12-3-1-2-4-14(12)18-17)10-19-6-8-22-16-11-21-7-5-15(16)19/h1-4,9,15-16H,5-8,10-11H2,(H,18,20)/t15-,16+/m0/s1. The lowest BCUT2D eigenvalue weighted by atomic mass is 10.0. The monoisotopic (exact) mass is 300 g/mol. The molecule has 2 fully saturated rings. The van der Waals surface area contributed by atoms with E-state index in [9.17, 15) is 4.79 Å². The van der Waals surface area contributed by atoms with Crippen molar-refractivity contribution in [2.75, 3.05) is 26.4 Å². The first-order valence-electron chi connectivity index (χ1n) is 7.85. The molecule has 1 N–H and O–H groups in total. The Labute approximate surface area is 128 Å². The molecule has 2 aliphatic heterocycles. The highest BCUT2D eigenvalue weighted by atomic mass is 16.5. The molecule has 0 unspecified atom stereocenters. The van der Waals surface area contributed by atoms with Gasteiger partial charge >= 0.3 is 0 Å². The fourth-order valence-corrected chi connectivity index (χ4v) is 3.49. The maximum Gasteiger partial charge on any atom is 0.252 e. The van der Waals surface area contributed by atoms with Gasteiger partial charge in [-0.05, 0) is 23.9 Å². The summed E-state index contributed by atoms with van der Waals surface area (Å²) >= 11 is 0. The summed E-state index contributed by atoms with van der Waals surface area (Å²) in [5, 5.41) is 1.08. The molecule has 2 aliphatic rings. The molecule has 0 aliphatic carbocycles. The minimum atomic E-state index is 0.00815. The summed E-state index contributed by atoms with van der Waals surface area (Å²) in [6.07, 6.45) is 1.11. The summed E-state index contributed by atoms with van der Waals surface area (Å²) < 4.78 is 11.3. The summed E-state index contributed by atoms with van der Waals surface area (Å²) in [6, 6.07) is 10.3. The third-order valence-corrected chi connectivity index (χ3v) is 4.65. The second kappa shape index (κ2) is 5.83. The van der Waals surface area contributed by atoms with E-state index in [1.165, 1.54) is 0 Å². The number of hydrogen-bond donors (Lipinski definition) is 1. The summed E-state index contributed by atoms with van der Waals surface area (Å²) in [7, 11) is 0. The van der Waals surface area contributed by atoms with Crippen molar-refractivity contribution in [3.8, 4) is 0 Å². The van der Waals surface area contributed by atoms with Crippen LogP contribution in [-0.2, 0) is 16.0 Å². The van der Waals surface area contributed by atoms with E-state index >= 15 is 0 Å². The first-order chi connectivity index (χ1) is 10.8. The first-order valence-corrected chi connectivity index (χ1v) is 7.85. The van der Waals surface area contributed by atoms with E-state index in [1.54, 1.807) is 0 Å². The Morgan fingerprint density at radius 1 is 1.27 bits per heavy atom. The third-order valence-electron chi connectivity index (χ3n) is 4.65. The Morgan fingerprint density at radius 3 is 3.14 bits per heavy atom. The van der Waals surface area contributed by atoms with Gasteiger partial charge in [-0.3, -0.25) is 9.69 Å². The fourth-order valence-electron chi connectivity index (χ4n) is 3.49. The van der Waals surface area contributed by atoms with Gasteiger partial charge in [0.2, 0.25) is 0 Å². The molecule has 2 atom stereocenters. The molecule has 0 saturated carbocycles. The predicted molar refractivity (Wildman–Crippen MR) is 83.9 cm³/mol. The SMILES string of the molecule is O=c1[nH]c2ccccc2cc1CN1CCO[C@@H]2COCC[C@@H]21. The molecular formula is C17H20N2O3. The Balaban J connectivity index is 1.62. The number of nitrogens with zero attached hydrogens (tertiary/aromatic N) is 1. The number of hydrogen-bond acceptors (Lipinski definition) is 4. The second-order valence-electron chi connectivity index (χ2n) is 6.02. The van der Waals surface area contributed by atoms with E-state index in [4.69, 9.17) is 9.47 Å². The van der Waals surface area contributed by atoms with Crippen LogP contribution >= 0.6 is 0 Å². The van der Waals surface area contributed by atoms with Gasteiger partial charge in [-0.1, -0.05) is 18.2 Å². The molecule has 2 aromatic rings. The molecule has 1 aromatic carbocycles. The van der Waals surface area contributed by atoms with E-state index in [-0.39, 0.29) is 11.7 Å². The number of aromatic amines is 1. The van der Waals surface area contributed by atoms with Gasteiger partial charge in [-0.2, -0.15) is 0 Å². The zero-order chi connectivity index (χ0) is 14.9. The lowest BCUT2D eigenvalue weighted by Crippen LogP contribution is -2.55. The fraction of sp³-hybridized carbons (Fsp3) is 0.471. The van der Waals surface area contributed by atoms with Gasteiger partial charge in [0.15, 0.2) is 0 Å². The Hall–Kier alpha value is -1.69. The zero-order valence-corrected chi connectivity index (χ0v) is 12.5. The van der Waals surface area contributed by atoms with Crippen molar-refractivity contribution in [3.05, 3.63) is 46.2 Å². The summed E-state index contributed by atoms with van der Waals surface area (Å²) in [5.41, 5.74) is 1.72. The highest BCUT2D eigenvalue weighted by molar-refractivity contribution is 5.78. The first kappa shape index (κ1) is 13.9. The number of fused-ring (bicyclic) bond motifs is 2. The number of rotatable bonds is 2. The van der Waals surface area contributed by atoms with E-state index in [0.717, 1.165) is 36.0 Å². The number of morpholine rings is 1. The Bertz CT molecular complexity index is 725. The van der Waals surface area contributed by atoms with Crippen LogP contribution in [0.3, 0.4) is 0 Å². The number of para-hydroxylation sites is 1. The van der Waals surface area contributed by atoms with Crippen LogP contribution in [0.4, 0.5) is 0 Å². The van der Waals surface area contributed by atoms with Gasteiger partial charge in [0.05, 0.1) is 19.3 Å². The van der Waals surface area contributed by atoms with Crippen LogP contribution in [0, 0.1) is 0 Å². The molecular weight excluding hydrogens is 280 g/mol. The largest absolute Gasteiger partial charge is 0.379 e. The van der Waals surface area contributed by atoms with Gasteiger partial charge < -0.3 is 14.5 Å². The Kier molecular flexibility index (Phi) is 3.70. The van der Waals surface area contributed by atoms with E-state index < -0.39 is 0 Å². The van der Waals surface area contributed by atoms with Gasteiger partial charge in [0.25, 0.3) is 5.56 Å². The minimum absolute atomic E-state index is 0.00815. The minimum Gasteiger partial charge on any atom is -0.379 e. The number of pyridine rings is 1. The number of H-pyrrole nitrogens is 1. The van der Waals surface area contributed by atoms with Gasteiger partial charge in [-0.25, -0.2) is 0 Å². The molecule has 0 radical (unpaired) electrons. The van der Waals surface area contributed by atoms with Crippen molar-refractivity contribution >= 4 is 10.9 Å². The third kappa shape index (κ3) is 2.56. The van der Waals surface area contributed by atoms with Crippen LogP contribution in [-0.4, -0.2) is 48.4 Å². The summed E-state index contributed by atoms with van der Waals surface area (Å²) in [4.78, 5) is 17.7. The molecule has 0 bridgehead atoms. The van der Waals surface area contributed by atoms with Crippen LogP contribution in [0.2, 0.25) is 0 Å². The number of nitrogens with one attached hydrogen (secondary N) is 1. The quantitative estimate of drug-likeness (QED) is 0.913. The van der Waals surface area contributed by atoms with Crippen LogP contribution < -0.4 is 5.56 Å². The smallest absolute Gasteiger partial charge is 0.252 e. The van der Waals surface area contributed by atoms with E-state index in [0.29, 0.717) is 25.8 Å². The van der Waals surface area contributed by atoms with Gasteiger partial charge in [0.1, 0.15) is 0 Å². The lowest BCUT2D eigenvalue weighted by molar-refractivity contribution is -0.137. The van der Waals surface area contributed by atoms with Crippen LogP contribution in [0.25, 0.3) is 10.9 Å². The van der Waals surface area contributed by atoms with Crippen LogP contribution in [0.5, 0.6) is 0 Å². The zero-order valence-electron chi connectivity index (χ0n) is 12.5. The summed E-state index contributed by atoms with van der Waals surface area (Å²) in [6.45, 7) is 3.68. The van der Waals surface area contributed by atoms with Crippen molar-refractivity contribution in [1.29, 1.82) is 0 Å². The maximum absolute atomic E-state index is 12.3. The topological polar surface area (TPSA) is 54.6 Å². The molecule has 0 amide bonds. The average molecular weight is 300 g/mol. The molecule has 116 valence electrons. The van der Waals surface area contributed by atoms with Crippen LogP contribution in [0.1, 0.15) is 12.0 Å². The van der Waals surface area contributed by atoms with Gasteiger partial charge in [-0.15, -0.1) is 0 Å². The van der Waals surface area contributed by atoms with Crippen molar-refractivity contribution < 1.29 is 9.47 Å². The Morgan fingerprint density at radius 2 is 2.18 bits per heavy atom. The molecule has 4 rings (SSSR count). The second-order valence-corrected chi connectivity index (χ2v) is 6.02. The number of aromatic nitrogens is 1. The molecule has 5 nitrogen and oxygen atoms in total. The maximum atomic E-state index is 12.3. The highest BCUT2D eigenvalue weighted by Crippen LogP contribution is 2.23. The summed E-state index contributed by atoms with van der Waals surface area (Å²) in [5.74, 6) is 0. The molecule has 1 aromatic heterocycles. The van der Waals surface area contributed by atoms with Crippen molar-refractivity contribution in [1.82, 2.24) is 9.88 Å². The molecule has 2 saturated heterocycles. The molecule has 3 heterocycles. The number of benzene rings is 1. The normalized spacial score (nSPS) is 26.0. The predicted octanol–water partition coefficient (Wildman–Crippen LogP) is 1.52. The molecule has 22 heavy (non-hydrogen) atoms. The lowest BCUT2D eigenvalue weighted by Gasteiger charge is -2.43. The molecule has 5 heteroatoms. The van der Waals surface area contributed by atoms with Crippen molar-refractivity contribution in [2.45, 2.75) is 25.1 Å². The molecule has 0 spiro atoms. The van der Waals surface area contributed by atoms with Crippen molar-refractivity contribution in [3.63, 3.8) is 0 Å². The van der Waals surface area contributed by atoms with Gasteiger partial charge in [0, 0.05) is 36.8 Å². The number of ether oxygens (including phenoxy) is 2. The van der Waals surface area contributed by atoms with Crippen molar-refractivity contribution in [2.24, 2.45) is 0 Å². The average Bonchev–Trinajstić information content (AvgIpc) is 2.56.